The molecule has 4 aromatic rings. The molecule has 1 aliphatic heterocycles. The van der Waals surface area contributed by atoms with Crippen LogP contribution in [-0.2, 0) is 5.75 Å². The molecule has 0 unspecified atom stereocenters. The summed E-state index contributed by atoms with van der Waals surface area (Å²) in [5.41, 5.74) is 2.77. The van der Waals surface area contributed by atoms with Gasteiger partial charge >= 0.3 is 0 Å². The van der Waals surface area contributed by atoms with Gasteiger partial charge in [0.1, 0.15) is 0 Å². The number of halogens is 2. The number of nitrogens with zero attached hydrogens (tertiary/aromatic N) is 7. The molecule has 0 radical (unpaired) electrons. The first-order valence-electron chi connectivity index (χ1n) is 11.0. The third-order valence-electron chi connectivity index (χ3n) is 5.68. The second kappa shape index (κ2) is 10.6. The monoisotopic (exact) mass is 525 g/mol. The maximum absolute atomic E-state index is 13.5. The number of para-hydroxylation sites is 1. The van der Waals surface area contributed by atoms with Crippen LogP contribution in [0.15, 0.2) is 72.1 Å². The Morgan fingerprint density at radius 3 is 2.34 bits per heavy atom. The number of thioether (sulfide) groups is 1. The van der Waals surface area contributed by atoms with Crippen molar-refractivity contribution in [1.29, 1.82) is 0 Å². The van der Waals surface area contributed by atoms with Crippen molar-refractivity contribution < 1.29 is 4.79 Å². The van der Waals surface area contributed by atoms with Gasteiger partial charge in [-0.25, -0.2) is 14.6 Å². The van der Waals surface area contributed by atoms with Crippen molar-refractivity contribution in [2.75, 3.05) is 31.1 Å². The van der Waals surface area contributed by atoms with Crippen LogP contribution in [0.4, 0.5) is 5.69 Å². The van der Waals surface area contributed by atoms with E-state index in [0.29, 0.717) is 58.5 Å². The fourth-order valence-corrected chi connectivity index (χ4v) is 5.07. The van der Waals surface area contributed by atoms with Gasteiger partial charge < -0.3 is 9.80 Å². The number of hydrogen-bond donors (Lipinski definition) is 0. The molecule has 0 atom stereocenters. The minimum absolute atomic E-state index is 0.145. The average Bonchev–Trinajstić information content (AvgIpc) is 3.32. The maximum Gasteiger partial charge on any atom is 0.276 e. The molecule has 1 amide bonds. The lowest BCUT2D eigenvalue weighted by Gasteiger charge is -2.36. The number of piperazine rings is 1. The second-order valence-electron chi connectivity index (χ2n) is 7.82. The summed E-state index contributed by atoms with van der Waals surface area (Å²) in [6.45, 7) is 2.49. The van der Waals surface area contributed by atoms with E-state index in [1.165, 1.54) is 11.8 Å². The Morgan fingerprint density at radius 2 is 1.63 bits per heavy atom. The summed E-state index contributed by atoms with van der Waals surface area (Å²) in [5.74, 6) is 0.286. The average molecular weight is 526 g/mol. The van der Waals surface area contributed by atoms with Crippen LogP contribution < -0.4 is 4.90 Å². The highest BCUT2D eigenvalue weighted by molar-refractivity contribution is 7.98. The third-order valence-corrected chi connectivity index (χ3v) is 7.14. The number of carbonyl (C=O) groups excluding carboxylic acids is 1. The van der Waals surface area contributed by atoms with Gasteiger partial charge in [-0.2, -0.15) is 0 Å². The highest BCUT2D eigenvalue weighted by atomic mass is 35.5. The lowest BCUT2D eigenvalue weighted by atomic mass is 10.2. The van der Waals surface area contributed by atoms with E-state index in [9.17, 15) is 4.79 Å². The van der Waals surface area contributed by atoms with Gasteiger partial charge in [-0.3, -0.25) is 4.79 Å². The number of carbonyl (C=O) groups is 1. The molecule has 3 heterocycles. The SMILES string of the molecule is O=C(c1nnn(-c2ccc(Cl)cc2)c1CSc1ncccn1)N1CCN(c2ccccc2Cl)CC1. The molecule has 1 saturated heterocycles. The highest BCUT2D eigenvalue weighted by Gasteiger charge is 2.28. The maximum atomic E-state index is 13.5. The standard InChI is InChI=1S/C24H21Cl2N7OS/c25-17-6-8-18(9-7-17)33-21(16-35-24-27-10-3-11-28-24)22(29-30-33)23(34)32-14-12-31(13-15-32)20-5-2-1-4-19(20)26/h1-11H,12-16H2. The van der Waals surface area contributed by atoms with Gasteiger partial charge in [0.25, 0.3) is 5.91 Å². The number of rotatable bonds is 6. The lowest BCUT2D eigenvalue weighted by Crippen LogP contribution is -2.49. The van der Waals surface area contributed by atoms with Gasteiger partial charge in [-0.15, -0.1) is 5.10 Å². The smallest absolute Gasteiger partial charge is 0.276 e. The van der Waals surface area contributed by atoms with Crippen molar-refractivity contribution in [1.82, 2.24) is 29.9 Å². The largest absolute Gasteiger partial charge is 0.367 e. The van der Waals surface area contributed by atoms with Crippen molar-refractivity contribution in [2.45, 2.75) is 10.9 Å². The van der Waals surface area contributed by atoms with Gasteiger partial charge in [-0.05, 0) is 42.5 Å². The summed E-state index contributed by atoms with van der Waals surface area (Å²) in [5, 5.41) is 10.5. The zero-order valence-corrected chi connectivity index (χ0v) is 20.9. The fourth-order valence-electron chi connectivity index (χ4n) is 3.89. The Kier molecular flexibility index (Phi) is 7.17. The van der Waals surface area contributed by atoms with E-state index in [1.807, 2.05) is 41.3 Å². The van der Waals surface area contributed by atoms with E-state index in [-0.39, 0.29) is 5.91 Å². The Balaban J connectivity index is 1.38. The van der Waals surface area contributed by atoms with Crippen molar-refractivity contribution >= 4 is 46.6 Å². The zero-order valence-electron chi connectivity index (χ0n) is 18.6. The lowest BCUT2D eigenvalue weighted by molar-refractivity contribution is 0.0740. The van der Waals surface area contributed by atoms with E-state index in [4.69, 9.17) is 23.2 Å². The molecule has 11 heteroatoms. The zero-order chi connectivity index (χ0) is 24.2. The second-order valence-corrected chi connectivity index (χ2v) is 9.61. The summed E-state index contributed by atoms with van der Waals surface area (Å²) in [6.07, 6.45) is 3.38. The van der Waals surface area contributed by atoms with Crippen LogP contribution in [0.1, 0.15) is 16.2 Å². The fraction of sp³-hybridized carbons (Fsp3) is 0.208. The molecule has 0 N–H and O–H groups in total. The first kappa shape index (κ1) is 23.6. The summed E-state index contributed by atoms with van der Waals surface area (Å²) in [6, 6.07) is 16.8. The molecule has 178 valence electrons. The van der Waals surface area contributed by atoms with Crippen LogP contribution in [0.25, 0.3) is 5.69 Å². The first-order valence-corrected chi connectivity index (χ1v) is 12.7. The molecular weight excluding hydrogens is 505 g/mol. The topological polar surface area (TPSA) is 80.0 Å². The summed E-state index contributed by atoms with van der Waals surface area (Å²) < 4.78 is 1.68. The molecule has 35 heavy (non-hydrogen) atoms. The van der Waals surface area contributed by atoms with E-state index >= 15 is 0 Å². The number of benzene rings is 2. The van der Waals surface area contributed by atoms with Crippen molar-refractivity contribution in [3.63, 3.8) is 0 Å². The summed E-state index contributed by atoms with van der Waals surface area (Å²) >= 11 is 13.9. The molecule has 0 spiro atoms. The molecule has 2 aromatic heterocycles. The molecule has 8 nitrogen and oxygen atoms in total. The molecule has 2 aromatic carbocycles. The third kappa shape index (κ3) is 5.27. The van der Waals surface area contributed by atoms with Gasteiger partial charge in [-0.1, -0.05) is 52.3 Å². The van der Waals surface area contributed by atoms with Crippen LogP contribution in [0.3, 0.4) is 0 Å². The van der Waals surface area contributed by atoms with Crippen LogP contribution in [0.2, 0.25) is 10.0 Å². The van der Waals surface area contributed by atoms with E-state index in [2.05, 4.69) is 25.2 Å². The Hall–Kier alpha value is -3.14. The molecule has 1 fully saturated rings. The number of amides is 1. The number of aromatic nitrogens is 5. The van der Waals surface area contributed by atoms with E-state index < -0.39 is 0 Å². The predicted octanol–water partition coefficient (Wildman–Crippen LogP) is 4.62. The van der Waals surface area contributed by atoms with Gasteiger partial charge in [0, 0.05) is 49.3 Å². The Morgan fingerprint density at radius 1 is 0.914 bits per heavy atom. The number of anilines is 1. The van der Waals surface area contributed by atoms with Crippen LogP contribution in [0, 0.1) is 0 Å². The Bertz CT molecular complexity index is 1310. The molecular formula is C24H21Cl2N7OS. The van der Waals surface area contributed by atoms with Crippen LogP contribution >= 0.6 is 35.0 Å². The quantitative estimate of drug-likeness (QED) is 0.268. The van der Waals surface area contributed by atoms with Crippen LogP contribution in [0.5, 0.6) is 0 Å². The van der Waals surface area contributed by atoms with E-state index in [1.54, 1.807) is 35.3 Å². The number of hydrogen-bond acceptors (Lipinski definition) is 7. The molecule has 0 aliphatic carbocycles. The normalized spacial score (nSPS) is 13.8. The summed E-state index contributed by atoms with van der Waals surface area (Å²) in [4.78, 5) is 26.1. The van der Waals surface area contributed by atoms with Gasteiger partial charge in [0.2, 0.25) is 0 Å². The van der Waals surface area contributed by atoms with Gasteiger partial charge in [0.15, 0.2) is 10.9 Å². The predicted molar refractivity (Wildman–Crippen MR) is 138 cm³/mol. The van der Waals surface area contributed by atoms with Crippen molar-refractivity contribution in [2.24, 2.45) is 0 Å². The highest BCUT2D eigenvalue weighted by Crippen LogP contribution is 2.27. The molecule has 0 bridgehead atoms. The molecule has 1 aliphatic rings. The van der Waals surface area contributed by atoms with Crippen LogP contribution in [-0.4, -0.2) is 61.9 Å². The van der Waals surface area contributed by atoms with Crippen molar-refractivity contribution in [3.05, 3.63) is 88.4 Å². The minimum atomic E-state index is -0.145. The molecule has 0 saturated carbocycles. The van der Waals surface area contributed by atoms with Gasteiger partial charge in [0.05, 0.1) is 22.1 Å². The molecule has 5 rings (SSSR count). The summed E-state index contributed by atoms with van der Waals surface area (Å²) in [7, 11) is 0. The van der Waals surface area contributed by atoms with Crippen molar-refractivity contribution in [3.8, 4) is 5.69 Å². The Labute approximate surface area is 216 Å². The minimum Gasteiger partial charge on any atom is -0.367 e. The van der Waals surface area contributed by atoms with E-state index in [0.717, 1.165) is 11.4 Å². The first-order chi connectivity index (χ1) is 17.1.